The number of aliphatic hydroxyl groups is 2. The molecule has 2 atom stereocenters. The predicted molar refractivity (Wildman–Crippen MR) is 77.2 cm³/mol. The van der Waals surface area contributed by atoms with E-state index in [-0.39, 0.29) is 0 Å². The fraction of sp³-hybridized carbons (Fsp3) is 0.500. The first-order valence-corrected chi connectivity index (χ1v) is 6.85. The van der Waals surface area contributed by atoms with Crippen molar-refractivity contribution in [1.82, 2.24) is 0 Å². The second kappa shape index (κ2) is 8.73. The fourth-order valence-corrected chi connectivity index (χ4v) is 1.85. The van der Waals surface area contributed by atoms with Crippen molar-refractivity contribution in [3.8, 4) is 5.75 Å². The van der Waals surface area contributed by atoms with Gasteiger partial charge in [0.15, 0.2) is 0 Å². The fourth-order valence-electron chi connectivity index (χ4n) is 1.85. The van der Waals surface area contributed by atoms with Gasteiger partial charge in [0, 0.05) is 0 Å². The number of hydrogen-bond acceptors (Lipinski definition) is 3. The summed E-state index contributed by atoms with van der Waals surface area (Å²) < 4.78 is 5.06. The van der Waals surface area contributed by atoms with Crippen LogP contribution in [-0.2, 0) is 0 Å². The number of rotatable bonds is 8. The first kappa shape index (κ1) is 15.7. The van der Waals surface area contributed by atoms with Crippen LogP contribution in [0, 0.1) is 0 Å². The molecule has 2 N–H and O–H groups in total. The molecule has 0 aliphatic heterocycles. The van der Waals surface area contributed by atoms with Crippen molar-refractivity contribution >= 4 is 0 Å². The summed E-state index contributed by atoms with van der Waals surface area (Å²) in [4.78, 5) is 0. The molecule has 0 aliphatic rings. The zero-order valence-corrected chi connectivity index (χ0v) is 11.7. The molecule has 0 bridgehead atoms. The molecule has 3 nitrogen and oxygen atoms in total. The molecule has 0 spiro atoms. The van der Waals surface area contributed by atoms with E-state index in [4.69, 9.17) is 4.74 Å². The Hall–Kier alpha value is -1.32. The lowest BCUT2D eigenvalue weighted by molar-refractivity contribution is 0.199. The topological polar surface area (TPSA) is 49.7 Å². The van der Waals surface area contributed by atoms with Gasteiger partial charge < -0.3 is 14.9 Å². The molecule has 19 heavy (non-hydrogen) atoms. The number of unbranched alkanes of at least 4 members (excludes halogenated alkanes) is 2. The van der Waals surface area contributed by atoms with Crippen LogP contribution in [0.15, 0.2) is 36.4 Å². The standard InChI is InChI=1S/C16H24O3/c1-3-4-5-6-14(17)9-12-16(18)13-7-10-15(19-2)11-8-13/h7-12,14,16-18H,3-6H2,1-2H3/b12-9-. The van der Waals surface area contributed by atoms with Crippen molar-refractivity contribution in [2.45, 2.75) is 44.8 Å². The minimum atomic E-state index is -0.688. The van der Waals surface area contributed by atoms with E-state index in [1.165, 1.54) is 0 Å². The summed E-state index contributed by atoms with van der Waals surface area (Å²) in [6, 6.07) is 7.25. The third-order valence-electron chi connectivity index (χ3n) is 3.08. The Balaban J connectivity index is 2.45. The van der Waals surface area contributed by atoms with E-state index >= 15 is 0 Å². The maximum atomic E-state index is 9.97. The summed E-state index contributed by atoms with van der Waals surface area (Å²) >= 11 is 0. The summed E-state index contributed by atoms with van der Waals surface area (Å²) in [6.07, 6.45) is 6.19. The van der Waals surface area contributed by atoms with Crippen molar-refractivity contribution in [1.29, 1.82) is 0 Å². The van der Waals surface area contributed by atoms with Crippen molar-refractivity contribution in [3.05, 3.63) is 42.0 Å². The molecule has 0 saturated carbocycles. The Kier molecular flexibility index (Phi) is 7.23. The minimum absolute atomic E-state index is 0.473. The zero-order chi connectivity index (χ0) is 14.1. The number of hydrogen-bond donors (Lipinski definition) is 2. The molecule has 0 radical (unpaired) electrons. The summed E-state index contributed by atoms with van der Waals surface area (Å²) in [6.45, 7) is 2.13. The molecule has 2 unspecified atom stereocenters. The van der Waals surface area contributed by atoms with Crippen LogP contribution in [0.25, 0.3) is 0 Å². The molecule has 1 aromatic rings. The van der Waals surface area contributed by atoms with E-state index in [0.717, 1.165) is 37.0 Å². The van der Waals surface area contributed by atoms with E-state index in [1.807, 2.05) is 24.3 Å². The van der Waals surface area contributed by atoms with E-state index in [0.29, 0.717) is 0 Å². The normalized spacial score (nSPS) is 14.5. The van der Waals surface area contributed by atoms with Crippen LogP contribution in [0.3, 0.4) is 0 Å². The monoisotopic (exact) mass is 264 g/mol. The largest absolute Gasteiger partial charge is 0.497 e. The summed E-state index contributed by atoms with van der Waals surface area (Å²) in [7, 11) is 1.61. The Labute approximate surface area is 115 Å². The average Bonchev–Trinajstić information content (AvgIpc) is 2.45. The van der Waals surface area contributed by atoms with Crippen molar-refractivity contribution in [2.75, 3.05) is 7.11 Å². The summed E-state index contributed by atoms with van der Waals surface area (Å²) in [5.74, 6) is 0.763. The van der Waals surface area contributed by atoms with Crippen molar-refractivity contribution in [3.63, 3.8) is 0 Å². The molecule has 0 aliphatic carbocycles. The number of benzene rings is 1. The van der Waals surface area contributed by atoms with Crippen LogP contribution >= 0.6 is 0 Å². The van der Waals surface area contributed by atoms with Crippen molar-refractivity contribution in [2.24, 2.45) is 0 Å². The number of methoxy groups -OCH3 is 1. The van der Waals surface area contributed by atoms with Gasteiger partial charge in [-0.25, -0.2) is 0 Å². The van der Waals surface area contributed by atoms with Crippen LogP contribution in [0.2, 0.25) is 0 Å². The molecule has 0 saturated heterocycles. The molecule has 1 rings (SSSR count). The summed E-state index contributed by atoms with van der Waals surface area (Å²) in [5, 5.41) is 19.7. The molecular formula is C16H24O3. The minimum Gasteiger partial charge on any atom is -0.497 e. The Morgan fingerprint density at radius 1 is 1.11 bits per heavy atom. The average molecular weight is 264 g/mol. The van der Waals surface area contributed by atoms with E-state index < -0.39 is 12.2 Å². The quantitative estimate of drug-likeness (QED) is 0.560. The van der Waals surface area contributed by atoms with Gasteiger partial charge in [-0.1, -0.05) is 50.5 Å². The van der Waals surface area contributed by atoms with E-state index in [9.17, 15) is 10.2 Å². The van der Waals surface area contributed by atoms with Gasteiger partial charge in [0.05, 0.1) is 19.3 Å². The maximum Gasteiger partial charge on any atom is 0.118 e. The van der Waals surface area contributed by atoms with Crippen molar-refractivity contribution < 1.29 is 14.9 Å². The van der Waals surface area contributed by atoms with Crippen LogP contribution in [-0.4, -0.2) is 23.4 Å². The van der Waals surface area contributed by atoms with Gasteiger partial charge in [0.2, 0.25) is 0 Å². The van der Waals surface area contributed by atoms with Crippen LogP contribution in [0.1, 0.15) is 44.3 Å². The molecular weight excluding hydrogens is 240 g/mol. The molecule has 0 heterocycles. The SMILES string of the molecule is CCCCCC(O)/C=C\C(O)c1ccc(OC)cc1. The van der Waals surface area contributed by atoms with Gasteiger partial charge in [-0.2, -0.15) is 0 Å². The third kappa shape index (κ3) is 5.90. The zero-order valence-electron chi connectivity index (χ0n) is 11.7. The Bertz CT molecular complexity index is 370. The summed E-state index contributed by atoms with van der Waals surface area (Å²) in [5.41, 5.74) is 0.790. The maximum absolute atomic E-state index is 9.97. The van der Waals surface area contributed by atoms with E-state index in [2.05, 4.69) is 6.92 Å². The molecule has 0 fully saturated rings. The Morgan fingerprint density at radius 3 is 2.37 bits per heavy atom. The van der Waals surface area contributed by atoms with Gasteiger partial charge in [0.1, 0.15) is 5.75 Å². The first-order chi connectivity index (χ1) is 9.17. The first-order valence-electron chi connectivity index (χ1n) is 6.85. The van der Waals surface area contributed by atoms with Crippen LogP contribution < -0.4 is 4.74 Å². The lowest BCUT2D eigenvalue weighted by Crippen LogP contribution is -2.03. The molecule has 1 aromatic carbocycles. The predicted octanol–water partition coefficient (Wildman–Crippen LogP) is 3.23. The molecule has 106 valence electrons. The van der Waals surface area contributed by atoms with E-state index in [1.54, 1.807) is 19.3 Å². The lowest BCUT2D eigenvalue weighted by atomic mass is 10.1. The highest BCUT2D eigenvalue weighted by atomic mass is 16.5. The highest BCUT2D eigenvalue weighted by Gasteiger charge is 2.05. The van der Waals surface area contributed by atoms with Gasteiger partial charge >= 0.3 is 0 Å². The van der Waals surface area contributed by atoms with Gasteiger partial charge in [-0.05, 0) is 24.1 Å². The molecule has 3 heteroatoms. The molecule has 0 aromatic heterocycles. The highest BCUT2D eigenvalue weighted by Crippen LogP contribution is 2.19. The second-order valence-corrected chi connectivity index (χ2v) is 4.67. The van der Waals surface area contributed by atoms with Crippen LogP contribution in [0.5, 0.6) is 5.75 Å². The van der Waals surface area contributed by atoms with Gasteiger partial charge in [-0.3, -0.25) is 0 Å². The lowest BCUT2D eigenvalue weighted by Gasteiger charge is -2.09. The number of ether oxygens (including phenoxy) is 1. The highest BCUT2D eigenvalue weighted by molar-refractivity contribution is 5.30. The third-order valence-corrected chi connectivity index (χ3v) is 3.08. The molecule has 0 amide bonds. The van der Waals surface area contributed by atoms with Gasteiger partial charge in [0.25, 0.3) is 0 Å². The second-order valence-electron chi connectivity index (χ2n) is 4.67. The smallest absolute Gasteiger partial charge is 0.118 e. The van der Waals surface area contributed by atoms with Crippen LogP contribution in [0.4, 0.5) is 0 Å². The van der Waals surface area contributed by atoms with Gasteiger partial charge in [-0.15, -0.1) is 0 Å². The number of aliphatic hydroxyl groups excluding tert-OH is 2. The Morgan fingerprint density at radius 2 is 1.79 bits per heavy atom.